The van der Waals surface area contributed by atoms with E-state index < -0.39 is 0 Å². The van der Waals surface area contributed by atoms with Crippen LogP contribution in [0.2, 0.25) is 5.02 Å². The number of pyridine rings is 1. The van der Waals surface area contributed by atoms with Crippen LogP contribution >= 0.6 is 11.6 Å². The van der Waals surface area contributed by atoms with Crippen LogP contribution in [-0.2, 0) is 13.1 Å². The van der Waals surface area contributed by atoms with Gasteiger partial charge in [-0.15, -0.1) is 0 Å². The summed E-state index contributed by atoms with van der Waals surface area (Å²) in [6.07, 6.45) is 0. The second-order valence-electron chi connectivity index (χ2n) is 7.09. The number of halogens is 1. The summed E-state index contributed by atoms with van der Waals surface area (Å²) in [5.41, 5.74) is 5.53. The quantitative estimate of drug-likeness (QED) is 0.682. The number of aryl methyl sites for hydroxylation is 3. The molecular weight excluding hydrogens is 374 g/mol. The van der Waals surface area contributed by atoms with Crippen molar-refractivity contribution in [2.24, 2.45) is 0 Å². The van der Waals surface area contributed by atoms with Gasteiger partial charge in [0.2, 0.25) is 0 Å². The molecule has 0 spiro atoms. The average molecular weight is 398 g/mol. The van der Waals surface area contributed by atoms with Crippen LogP contribution in [0.15, 0.2) is 41.2 Å². The zero-order valence-electron chi connectivity index (χ0n) is 16.5. The number of nitrogens with zero attached hydrogens (tertiary/aromatic N) is 1. The Bertz CT molecular complexity index is 1100. The zero-order valence-corrected chi connectivity index (χ0v) is 17.3. The number of amides is 1. The molecule has 5 nitrogen and oxygen atoms in total. The fourth-order valence-corrected chi connectivity index (χ4v) is 3.63. The number of aromatic amines is 1. The molecule has 0 aliphatic heterocycles. The van der Waals surface area contributed by atoms with Crippen molar-refractivity contribution in [1.82, 2.24) is 14.9 Å². The number of carbonyl (C=O) groups is 1. The first-order valence-electron chi connectivity index (χ1n) is 9.15. The monoisotopic (exact) mass is 397 g/mol. The van der Waals surface area contributed by atoms with Crippen LogP contribution in [0.3, 0.4) is 0 Å². The molecule has 0 aliphatic rings. The molecule has 6 heteroatoms. The number of hydrogen-bond acceptors (Lipinski definition) is 2. The van der Waals surface area contributed by atoms with Crippen molar-refractivity contribution in [1.29, 1.82) is 0 Å². The lowest BCUT2D eigenvalue weighted by Gasteiger charge is -2.12. The first-order chi connectivity index (χ1) is 13.3. The molecule has 2 heterocycles. The van der Waals surface area contributed by atoms with Crippen LogP contribution in [-0.4, -0.2) is 15.5 Å². The van der Waals surface area contributed by atoms with Crippen LogP contribution in [0, 0.1) is 27.7 Å². The summed E-state index contributed by atoms with van der Waals surface area (Å²) in [5, 5.41) is 3.58. The average Bonchev–Trinajstić information content (AvgIpc) is 2.90. The lowest BCUT2D eigenvalue weighted by molar-refractivity contribution is 0.0950. The van der Waals surface area contributed by atoms with E-state index in [1.54, 1.807) is 0 Å². The lowest BCUT2D eigenvalue weighted by atomic mass is 10.1. The predicted molar refractivity (Wildman–Crippen MR) is 112 cm³/mol. The maximum absolute atomic E-state index is 12.8. The highest BCUT2D eigenvalue weighted by atomic mass is 35.5. The molecule has 3 rings (SSSR count). The number of rotatable bonds is 5. The van der Waals surface area contributed by atoms with Crippen molar-refractivity contribution in [3.05, 3.63) is 91.1 Å². The highest BCUT2D eigenvalue weighted by Gasteiger charge is 2.17. The highest BCUT2D eigenvalue weighted by Crippen LogP contribution is 2.21. The summed E-state index contributed by atoms with van der Waals surface area (Å²) in [6.45, 7) is 8.39. The van der Waals surface area contributed by atoms with Crippen molar-refractivity contribution in [2.75, 3.05) is 0 Å². The summed E-state index contributed by atoms with van der Waals surface area (Å²) in [7, 11) is 0. The molecule has 0 atom stereocenters. The second kappa shape index (κ2) is 8.07. The summed E-state index contributed by atoms with van der Waals surface area (Å²) >= 11 is 6.28. The number of aromatic nitrogens is 2. The van der Waals surface area contributed by atoms with E-state index in [1.165, 1.54) is 0 Å². The number of nitrogens with one attached hydrogen (secondary N) is 2. The second-order valence-corrected chi connectivity index (χ2v) is 7.50. The topological polar surface area (TPSA) is 66.9 Å². The first-order valence-corrected chi connectivity index (χ1v) is 9.53. The molecule has 2 N–H and O–H groups in total. The van der Waals surface area contributed by atoms with Crippen LogP contribution in [0.25, 0.3) is 0 Å². The van der Waals surface area contributed by atoms with E-state index in [9.17, 15) is 9.59 Å². The van der Waals surface area contributed by atoms with Gasteiger partial charge in [0.05, 0.1) is 5.56 Å². The number of carbonyl (C=O) groups excluding carboxylic acids is 1. The van der Waals surface area contributed by atoms with Gasteiger partial charge in [-0.1, -0.05) is 29.8 Å². The van der Waals surface area contributed by atoms with Crippen LogP contribution in [0.4, 0.5) is 0 Å². The Balaban J connectivity index is 1.80. The van der Waals surface area contributed by atoms with Gasteiger partial charge >= 0.3 is 0 Å². The van der Waals surface area contributed by atoms with Gasteiger partial charge in [0, 0.05) is 40.8 Å². The minimum Gasteiger partial charge on any atom is -0.348 e. The molecule has 0 saturated carbocycles. The van der Waals surface area contributed by atoms with Crippen molar-refractivity contribution >= 4 is 17.5 Å². The van der Waals surface area contributed by atoms with Gasteiger partial charge in [0.25, 0.3) is 11.5 Å². The molecular formula is C22H24ClN3O2. The van der Waals surface area contributed by atoms with E-state index in [0.717, 1.165) is 28.2 Å². The van der Waals surface area contributed by atoms with Gasteiger partial charge in [-0.2, -0.15) is 0 Å². The highest BCUT2D eigenvalue weighted by molar-refractivity contribution is 6.31. The third-order valence-electron chi connectivity index (χ3n) is 5.02. The largest absolute Gasteiger partial charge is 0.348 e. The van der Waals surface area contributed by atoms with Gasteiger partial charge in [0.1, 0.15) is 0 Å². The molecule has 28 heavy (non-hydrogen) atoms. The third kappa shape index (κ3) is 4.04. The summed E-state index contributed by atoms with van der Waals surface area (Å²) in [5.74, 6) is -0.196. The normalized spacial score (nSPS) is 10.9. The van der Waals surface area contributed by atoms with Crippen molar-refractivity contribution in [2.45, 2.75) is 40.8 Å². The lowest BCUT2D eigenvalue weighted by Crippen LogP contribution is -2.28. The minimum atomic E-state index is -0.196. The summed E-state index contributed by atoms with van der Waals surface area (Å²) in [6, 6.07) is 11.5. The molecule has 0 aliphatic carbocycles. The fraction of sp³-hybridized carbons (Fsp3) is 0.273. The third-order valence-corrected chi connectivity index (χ3v) is 5.39. The minimum absolute atomic E-state index is 0.165. The Morgan fingerprint density at radius 2 is 1.86 bits per heavy atom. The van der Waals surface area contributed by atoms with E-state index in [-0.39, 0.29) is 18.0 Å². The molecule has 3 aromatic rings. The molecule has 0 fully saturated rings. The summed E-state index contributed by atoms with van der Waals surface area (Å²) in [4.78, 5) is 27.7. The molecule has 1 amide bonds. The summed E-state index contributed by atoms with van der Waals surface area (Å²) < 4.78 is 2.07. The first kappa shape index (κ1) is 20.0. The standard InChI is InChI=1S/C22H24ClN3O2/c1-13-9-14(2)25-22(28)19(13)11-24-21(27)18-10-15(3)26(16(18)4)12-17-7-5-6-8-20(17)23/h5-10H,11-12H2,1-4H3,(H,24,27)(H,25,28). The van der Waals surface area contributed by atoms with E-state index >= 15 is 0 Å². The van der Waals surface area contributed by atoms with Crippen LogP contribution in [0.1, 0.15) is 44.1 Å². The molecule has 1 aromatic carbocycles. The SMILES string of the molecule is Cc1cc(C)c(CNC(=O)c2cc(C)n(Cc3ccccc3Cl)c2C)c(=O)[nH]1. The Morgan fingerprint density at radius 3 is 2.54 bits per heavy atom. The van der Waals surface area contributed by atoms with Crippen LogP contribution in [0.5, 0.6) is 0 Å². The van der Waals surface area contributed by atoms with Gasteiger partial charge < -0.3 is 14.9 Å². The number of H-pyrrole nitrogens is 1. The van der Waals surface area contributed by atoms with Crippen molar-refractivity contribution < 1.29 is 4.79 Å². The zero-order chi connectivity index (χ0) is 20.4. The van der Waals surface area contributed by atoms with E-state index in [4.69, 9.17) is 11.6 Å². The van der Waals surface area contributed by atoms with Gasteiger partial charge in [-0.3, -0.25) is 9.59 Å². The van der Waals surface area contributed by atoms with Gasteiger partial charge in [0.15, 0.2) is 0 Å². The van der Waals surface area contributed by atoms with Gasteiger partial charge in [-0.05, 0) is 57.0 Å². The maximum Gasteiger partial charge on any atom is 0.253 e. The van der Waals surface area contributed by atoms with E-state index in [0.29, 0.717) is 22.7 Å². The van der Waals surface area contributed by atoms with E-state index in [2.05, 4.69) is 14.9 Å². The number of benzene rings is 1. The molecule has 146 valence electrons. The molecule has 0 saturated heterocycles. The Hall–Kier alpha value is -2.79. The molecule has 2 aromatic heterocycles. The molecule has 0 radical (unpaired) electrons. The maximum atomic E-state index is 12.8. The fourth-order valence-electron chi connectivity index (χ4n) is 3.44. The smallest absolute Gasteiger partial charge is 0.253 e. The molecule has 0 unspecified atom stereocenters. The number of hydrogen-bond donors (Lipinski definition) is 2. The van der Waals surface area contributed by atoms with Gasteiger partial charge in [-0.25, -0.2) is 0 Å². The predicted octanol–water partition coefficient (Wildman–Crippen LogP) is 4.04. The van der Waals surface area contributed by atoms with Crippen molar-refractivity contribution in [3.63, 3.8) is 0 Å². The Labute approximate surface area is 169 Å². The Morgan fingerprint density at radius 1 is 1.14 bits per heavy atom. The van der Waals surface area contributed by atoms with Crippen LogP contribution < -0.4 is 10.9 Å². The Kier molecular flexibility index (Phi) is 5.75. The van der Waals surface area contributed by atoms with Crippen molar-refractivity contribution in [3.8, 4) is 0 Å². The molecule has 0 bridgehead atoms. The van der Waals surface area contributed by atoms with E-state index in [1.807, 2.05) is 64.1 Å².